The summed E-state index contributed by atoms with van der Waals surface area (Å²) in [6, 6.07) is 22.0. The SMILES string of the molecule is Cc1ccc(-n2c(SCc3nc(C(=O)NCCc4ccccc4)cs3)nnc2-c2ccco2)cc1. The lowest BCUT2D eigenvalue weighted by Gasteiger charge is -2.09. The van der Waals surface area contributed by atoms with E-state index in [9.17, 15) is 4.79 Å². The zero-order valence-corrected chi connectivity index (χ0v) is 20.7. The fourth-order valence-corrected chi connectivity index (χ4v) is 5.26. The first-order valence-electron chi connectivity index (χ1n) is 11.1. The van der Waals surface area contributed by atoms with E-state index >= 15 is 0 Å². The second-order valence-electron chi connectivity index (χ2n) is 7.86. The van der Waals surface area contributed by atoms with E-state index in [4.69, 9.17) is 4.42 Å². The van der Waals surface area contributed by atoms with Crippen molar-refractivity contribution in [3.8, 4) is 17.3 Å². The highest BCUT2D eigenvalue weighted by atomic mass is 32.2. The molecular formula is C26H23N5O2S2. The highest BCUT2D eigenvalue weighted by Crippen LogP contribution is 2.30. The average Bonchev–Trinajstić information content (AvgIpc) is 3.65. The van der Waals surface area contributed by atoms with Crippen LogP contribution in [-0.2, 0) is 12.2 Å². The Bertz CT molecular complexity index is 1390. The first kappa shape index (κ1) is 23.1. The third-order valence-electron chi connectivity index (χ3n) is 5.32. The minimum atomic E-state index is -0.156. The number of carbonyl (C=O) groups excluding carboxylic acids is 1. The van der Waals surface area contributed by atoms with Gasteiger partial charge in [-0.25, -0.2) is 4.98 Å². The second kappa shape index (κ2) is 10.7. The van der Waals surface area contributed by atoms with Crippen LogP contribution in [0.25, 0.3) is 17.3 Å². The summed E-state index contributed by atoms with van der Waals surface area (Å²) >= 11 is 2.99. The fraction of sp³-hybridized carbons (Fsp3) is 0.154. The molecule has 0 saturated carbocycles. The maximum absolute atomic E-state index is 12.5. The van der Waals surface area contributed by atoms with Crippen LogP contribution in [0.15, 0.2) is 87.9 Å². The van der Waals surface area contributed by atoms with E-state index in [1.165, 1.54) is 34.2 Å². The molecular weight excluding hydrogens is 478 g/mol. The van der Waals surface area contributed by atoms with Crippen LogP contribution in [0.1, 0.15) is 26.6 Å². The van der Waals surface area contributed by atoms with Gasteiger partial charge in [-0.15, -0.1) is 21.5 Å². The summed E-state index contributed by atoms with van der Waals surface area (Å²) in [7, 11) is 0. The van der Waals surface area contributed by atoms with Crippen molar-refractivity contribution >= 4 is 29.0 Å². The van der Waals surface area contributed by atoms with Crippen molar-refractivity contribution in [2.45, 2.75) is 24.3 Å². The standard InChI is InChI=1S/C26H23N5O2S2/c1-18-9-11-20(12-10-18)31-24(22-8-5-15-33-22)29-30-26(31)35-17-23-28-21(16-34-23)25(32)27-14-13-19-6-3-2-4-7-19/h2-12,15-16H,13-14,17H2,1H3,(H,27,32). The number of furan rings is 1. The third kappa shape index (κ3) is 5.52. The smallest absolute Gasteiger partial charge is 0.270 e. The molecule has 0 fully saturated rings. The quantitative estimate of drug-likeness (QED) is 0.266. The van der Waals surface area contributed by atoms with Crippen molar-refractivity contribution in [2.75, 3.05) is 6.54 Å². The van der Waals surface area contributed by atoms with Gasteiger partial charge in [0.1, 0.15) is 10.7 Å². The second-order valence-corrected chi connectivity index (χ2v) is 9.75. The molecule has 0 aliphatic rings. The van der Waals surface area contributed by atoms with Crippen LogP contribution >= 0.6 is 23.1 Å². The van der Waals surface area contributed by atoms with Crippen LogP contribution in [0.5, 0.6) is 0 Å². The van der Waals surface area contributed by atoms with Gasteiger partial charge < -0.3 is 9.73 Å². The number of thiazole rings is 1. The van der Waals surface area contributed by atoms with Crippen molar-refractivity contribution in [3.63, 3.8) is 0 Å². The van der Waals surface area contributed by atoms with Crippen molar-refractivity contribution in [1.29, 1.82) is 0 Å². The Morgan fingerprint density at radius 2 is 1.89 bits per heavy atom. The van der Waals surface area contributed by atoms with E-state index in [1.54, 1.807) is 11.6 Å². The first-order chi connectivity index (χ1) is 17.2. The Kier molecular flexibility index (Phi) is 7.06. The predicted molar refractivity (Wildman–Crippen MR) is 138 cm³/mol. The molecule has 9 heteroatoms. The lowest BCUT2D eigenvalue weighted by Crippen LogP contribution is -2.26. The molecule has 2 aromatic carbocycles. The highest BCUT2D eigenvalue weighted by Gasteiger charge is 2.19. The van der Waals surface area contributed by atoms with Gasteiger partial charge in [0.2, 0.25) is 5.82 Å². The number of benzene rings is 2. The summed E-state index contributed by atoms with van der Waals surface area (Å²) in [5.41, 5.74) is 3.75. The van der Waals surface area contributed by atoms with Crippen LogP contribution in [0.4, 0.5) is 0 Å². The van der Waals surface area contributed by atoms with Gasteiger partial charge >= 0.3 is 0 Å². The molecule has 0 atom stereocenters. The summed E-state index contributed by atoms with van der Waals surface area (Å²) in [4.78, 5) is 17.0. The summed E-state index contributed by atoms with van der Waals surface area (Å²) < 4.78 is 7.56. The first-order valence-corrected chi connectivity index (χ1v) is 13.0. The summed E-state index contributed by atoms with van der Waals surface area (Å²) in [6.45, 7) is 2.62. The number of thioether (sulfide) groups is 1. The van der Waals surface area contributed by atoms with Gasteiger partial charge in [0.15, 0.2) is 10.9 Å². The van der Waals surface area contributed by atoms with Gasteiger partial charge in [-0.1, -0.05) is 59.8 Å². The normalized spacial score (nSPS) is 11.0. The Morgan fingerprint density at radius 1 is 1.06 bits per heavy atom. The molecule has 1 N–H and O–H groups in total. The minimum Gasteiger partial charge on any atom is -0.461 e. The molecule has 1 amide bonds. The largest absolute Gasteiger partial charge is 0.461 e. The van der Waals surface area contributed by atoms with E-state index in [0.29, 0.717) is 29.6 Å². The van der Waals surface area contributed by atoms with Crippen molar-refractivity contribution in [3.05, 3.63) is 100 Å². The molecule has 0 saturated heterocycles. The van der Waals surface area contributed by atoms with Crippen LogP contribution in [-0.4, -0.2) is 32.2 Å². The predicted octanol–water partition coefficient (Wildman–Crippen LogP) is 5.56. The molecule has 0 spiro atoms. The molecule has 7 nitrogen and oxygen atoms in total. The Hall–Kier alpha value is -3.69. The van der Waals surface area contributed by atoms with E-state index in [-0.39, 0.29) is 5.91 Å². The maximum Gasteiger partial charge on any atom is 0.270 e. The monoisotopic (exact) mass is 501 g/mol. The molecule has 5 rings (SSSR count). The molecule has 176 valence electrons. The number of hydrogen-bond acceptors (Lipinski definition) is 7. The van der Waals surface area contributed by atoms with Gasteiger partial charge in [0, 0.05) is 17.6 Å². The van der Waals surface area contributed by atoms with Crippen LogP contribution < -0.4 is 5.32 Å². The van der Waals surface area contributed by atoms with Gasteiger partial charge in [0.25, 0.3) is 5.91 Å². The highest BCUT2D eigenvalue weighted by molar-refractivity contribution is 7.98. The van der Waals surface area contributed by atoms with Crippen LogP contribution in [0, 0.1) is 6.92 Å². The van der Waals surface area contributed by atoms with Crippen molar-refractivity contribution in [1.82, 2.24) is 25.1 Å². The van der Waals surface area contributed by atoms with E-state index in [1.807, 2.05) is 47.0 Å². The van der Waals surface area contributed by atoms with E-state index < -0.39 is 0 Å². The number of amides is 1. The zero-order valence-electron chi connectivity index (χ0n) is 19.0. The summed E-state index contributed by atoms with van der Waals surface area (Å²) in [5, 5.41) is 15.1. The van der Waals surface area contributed by atoms with Crippen LogP contribution in [0.2, 0.25) is 0 Å². The lowest BCUT2D eigenvalue weighted by molar-refractivity contribution is 0.0949. The minimum absolute atomic E-state index is 0.156. The van der Waals surface area contributed by atoms with Gasteiger partial charge in [-0.2, -0.15) is 0 Å². The molecule has 5 aromatic rings. The Balaban J connectivity index is 1.26. The van der Waals surface area contributed by atoms with E-state index in [2.05, 4.69) is 51.7 Å². The Labute approximate surface area is 211 Å². The third-order valence-corrected chi connectivity index (χ3v) is 7.29. The molecule has 0 radical (unpaired) electrons. The summed E-state index contributed by atoms with van der Waals surface area (Å²) in [6.07, 6.45) is 2.41. The number of nitrogens with zero attached hydrogens (tertiary/aromatic N) is 4. The molecule has 3 heterocycles. The fourth-order valence-electron chi connectivity index (χ4n) is 3.52. The van der Waals surface area contributed by atoms with Gasteiger partial charge in [0.05, 0.1) is 12.0 Å². The zero-order chi connectivity index (χ0) is 24.0. The topological polar surface area (TPSA) is 85.8 Å². The summed E-state index contributed by atoms with van der Waals surface area (Å²) in [5.74, 6) is 1.70. The number of aromatic nitrogens is 4. The average molecular weight is 502 g/mol. The van der Waals surface area contributed by atoms with Crippen LogP contribution in [0.3, 0.4) is 0 Å². The van der Waals surface area contributed by atoms with Crippen molar-refractivity contribution in [2.24, 2.45) is 0 Å². The van der Waals surface area contributed by atoms with Crippen molar-refractivity contribution < 1.29 is 9.21 Å². The molecule has 0 aliphatic heterocycles. The molecule has 0 bridgehead atoms. The Morgan fingerprint density at radius 3 is 2.66 bits per heavy atom. The number of rotatable bonds is 9. The number of aryl methyl sites for hydroxylation is 1. The molecule has 35 heavy (non-hydrogen) atoms. The number of nitrogens with one attached hydrogen (secondary N) is 1. The lowest BCUT2D eigenvalue weighted by atomic mass is 10.1. The van der Waals surface area contributed by atoms with Gasteiger partial charge in [-0.3, -0.25) is 9.36 Å². The molecule has 0 unspecified atom stereocenters. The van der Waals surface area contributed by atoms with E-state index in [0.717, 1.165) is 22.3 Å². The number of hydrogen-bond donors (Lipinski definition) is 1. The number of carbonyl (C=O) groups is 1. The maximum atomic E-state index is 12.5. The molecule has 3 aromatic heterocycles. The van der Waals surface area contributed by atoms with Gasteiger partial charge in [-0.05, 0) is 43.2 Å². The molecule has 0 aliphatic carbocycles.